The molecule has 0 radical (unpaired) electrons. The third-order valence-electron chi connectivity index (χ3n) is 3.58. The number of benzene rings is 1. The normalized spacial score (nSPS) is 19.0. The molecular weight excluding hydrogens is 393 g/mol. The molecule has 1 aliphatic heterocycles. The number of oxazole rings is 1. The van der Waals surface area contributed by atoms with E-state index in [2.05, 4.69) is 20.9 Å². The molecule has 0 aliphatic carbocycles. The molecule has 0 bridgehead atoms. The van der Waals surface area contributed by atoms with Crippen LogP contribution in [0.1, 0.15) is 6.42 Å². The average molecular weight is 411 g/mol. The van der Waals surface area contributed by atoms with Crippen molar-refractivity contribution < 1.29 is 14.0 Å². The van der Waals surface area contributed by atoms with Gasteiger partial charge in [-0.25, -0.2) is 0 Å². The monoisotopic (exact) mass is 409 g/mol. The molecule has 2 aromatic rings. The summed E-state index contributed by atoms with van der Waals surface area (Å²) in [5.74, 6) is -0.513. The molecule has 11 heteroatoms. The maximum absolute atomic E-state index is 12.2. The topological polar surface area (TPSA) is 122 Å². The summed E-state index contributed by atoms with van der Waals surface area (Å²) >= 11 is 5.88. The number of nitrogens with zero attached hydrogens (tertiary/aromatic N) is 1. The molecule has 5 N–H and O–H groups in total. The van der Waals surface area contributed by atoms with Gasteiger partial charge < -0.3 is 20.8 Å². The van der Waals surface area contributed by atoms with E-state index in [9.17, 15) is 9.59 Å². The number of carbonyl (C=O) groups is 2. The summed E-state index contributed by atoms with van der Waals surface area (Å²) in [5.41, 5.74) is 6.36. The highest BCUT2D eigenvalue weighted by Gasteiger charge is 2.30. The molecule has 2 amide bonds. The number of halogens is 3. The lowest BCUT2D eigenvalue weighted by Crippen LogP contribution is -2.39. The van der Waals surface area contributed by atoms with Gasteiger partial charge in [-0.15, -0.1) is 24.8 Å². The fraction of sp³-hybridized carbons (Fsp3) is 0.357. The predicted molar refractivity (Wildman–Crippen MR) is 99.5 cm³/mol. The minimum atomic E-state index is -0.434. The third kappa shape index (κ3) is 5.20. The van der Waals surface area contributed by atoms with Crippen LogP contribution in [0.25, 0.3) is 11.1 Å². The molecule has 1 aliphatic rings. The number of rotatable bonds is 4. The van der Waals surface area contributed by atoms with Crippen LogP contribution in [0, 0.1) is 0 Å². The van der Waals surface area contributed by atoms with E-state index in [1.807, 2.05) is 0 Å². The van der Waals surface area contributed by atoms with Crippen LogP contribution in [0.15, 0.2) is 22.6 Å². The van der Waals surface area contributed by atoms with Crippen LogP contribution in [0.3, 0.4) is 0 Å². The van der Waals surface area contributed by atoms with Crippen molar-refractivity contribution in [1.29, 1.82) is 0 Å². The van der Waals surface area contributed by atoms with Crippen molar-refractivity contribution in [2.75, 3.05) is 18.4 Å². The first kappa shape index (κ1) is 21.5. The molecule has 0 spiro atoms. The largest absolute Gasteiger partial charge is 0.423 e. The van der Waals surface area contributed by atoms with Crippen LogP contribution in [-0.4, -0.2) is 42.0 Å². The van der Waals surface area contributed by atoms with Gasteiger partial charge in [-0.3, -0.25) is 14.9 Å². The lowest BCUT2D eigenvalue weighted by atomic mass is 10.1. The Labute approximate surface area is 161 Å². The molecule has 25 heavy (non-hydrogen) atoms. The Bertz CT molecular complexity index is 754. The van der Waals surface area contributed by atoms with Crippen molar-refractivity contribution >= 4 is 65.3 Å². The molecule has 8 nitrogen and oxygen atoms in total. The van der Waals surface area contributed by atoms with Crippen molar-refractivity contribution in [1.82, 2.24) is 15.6 Å². The van der Waals surface area contributed by atoms with Crippen molar-refractivity contribution in [2.24, 2.45) is 5.73 Å². The van der Waals surface area contributed by atoms with Gasteiger partial charge in [0.2, 0.25) is 11.8 Å². The van der Waals surface area contributed by atoms with Gasteiger partial charge in [0.15, 0.2) is 5.58 Å². The van der Waals surface area contributed by atoms with Gasteiger partial charge in [-0.2, -0.15) is 4.98 Å². The summed E-state index contributed by atoms with van der Waals surface area (Å²) in [6.45, 7) is 0.436. The minimum Gasteiger partial charge on any atom is -0.423 e. The predicted octanol–water partition coefficient (Wildman–Crippen LogP) is 1.07. The number of carbonyl (C=O) groups excluding carboxylic acids is 2. The van der Waals surface area contributed by atoms with Gasteiger partial charge in [0, 0.05) is 17.6 Å². The van der Waals surface area contributed by atoms with Gasteiger partial charge in [0.05, 0.1) is 12.6 Å². The van der Waals surface area contributed by atoms with Crippen LogP contribution in [0.4, 0.5) is 6.01 Å². The van der Waals surface area contributed by atoms with E-state index < -0.39 is 6.04 Å². The van der Waals surface area contributed by atoms with Crippen LogP contribution in [0.5, 0.6) is 0 Å². The van der Waals surface area contributed by atoms with Gasteiger partial charge in [0.1, 0.15) is 5.52 Å². The molecule has 1 aromatic carbocycles. The molecular formula is C14H18Cl3N5O3. The summed E-state index contributed by atoms with van der Waals surface area (Å²) in [5, 5.41) is 8.95. The van der Waals surface area contributed by atoms with E-state index in [-0.39, 0.29) is 55.2 Å². The highest BCUT2D eigenvalue weighted by Crippen LogP contribution is 2.22. The van der Waals surface area contributed by atoms with E-state index in [0.717, 1.165) is 0 Å². The molecule has 1 saturated heterocycles. The standard InChI is InChI=1S/C14H16ClN5O3.2ClH/c15-7-1-2-11-9(3-7)19-14(23-11)20-13(22)10-4-8(6-17-10)18-12(21)5-16;;/h1-3,8,10,17H,4-6,16H2,(H,18,21)(H,19,20,22);2*1H/t8?,10-;;/m0../s1. The Morgan fingerprint density at radius 2 is 2.16 bits per heavy atom. The lowest BCUT2D eigenvalue weighted by Gasteiger charge is -2.11. The summed E-state index contributed by atoms with van der Waals surface area (Å²) in [6, 6.07) is 4.59. The van der Waals surface area contributed by atoms with Crippen molar-refractivity contribution in [3.63, 3.8) is 0 Å². The molecule has 1 aromatic heterocycles. The minimum absolute atomic E-state index is 0. The molecule has 1 fully saturated rings. The number of amides is 2. The van der Waals surface area contributed by atoms with Crippen molar-refractivity contribution in [2.45, 2.75) is 18.5 Å². The molecule has 1 unspecified atom stereocenters. The van der Waals surface area contributed by atoms with E-state index in [1.165, 1.54) is 0 Å². The summed E-state index contributed by atoms with van der Waals surface area (Å²) in [6.07, 6.45) is 0.476. The fourth-order valence-corrected chi connectivity index (χ4v) is 2.64. The van der Waals surface area contributed by atoms with Gasteiger partial charge >= 0.3 is 6.01 Å². The smallest absolute Gasteiger partial charge is 0.302 e. The SMILES string of the molecule is Cl.Cl.NCC(=O)NC1CN[C@H](C(=O)Nc2nc3cc(Cl)ccc3o2)C1. The maximum Gasteiger partial charge on any atom is 0.302 e. The number of fused-ring (bicyclic) bond motifs is 1. The Morgan fingerprint density at radius 1 is 1.40 bits per heavy atom. The second-order valence-corrected chi connectivity index (χ2v) is 5.72. The van der Waals surface area contributed by atoms with E-state index in [0.29, 0.717) is 29.1 Å². The average Bonchev–Trinajstić information content (AvgIpc) is 3.13. The number of nitrogens with one attached hydrogen (secondary N) is 3. The Morgan fingerprint density at radius 3 is 2.88 bits per heavy atom. The Hall–Kier alpha value is -1.58. The van der Waals surface area contributed by atoms with E-state index >= 15 is 0 Å². The first-order valence-corrected chi connectivity index (χ1v) is 7.52. The molecule has 3 rings (SSSR count). The first-order valence-electron chi connectivity index (χ1n) is 7.15. The third-order valence-corrected chi connectivity index (χ3v) is 3.81. The van der Waals surface area contributed by atoms with E-state index in [1.54, 1.807) is 18.2 Å². The number of anilines is 1. The first-order chi connectivity index (χ1) is 11.0. The van der Waals surface area contributed by atoms with Crippen LogP contribution >= 0.6 is 36.4 Å². The van der Waals surface area contributed by atoms with Crippen LogP contribution in [0.2, 0.25) is 5.02 Å². The Balaban J connectivity index is 0.00000156. The molecule has 138 valence electrons. The number of nitrogens with two attached hydrogens (primary N) is 1. The van der Waals surface area contributed by atoms with Gasteiger partial charge in [-0.1, -0.05) is 11.6 Å². The molecule has 2 heterocycles. The zero-order valence-electron chi connectivity index (χ0n) is 13.0. The second-order valence-electron chi connectivity index (χ2n) is 5.29. The quantitative estimate of drug-likeness (QED) is 0.598. The number of hydrogen-bond donors (Lipinski definition) is 4. The maximum atomic E-state index is 12.2. The molecule has 0 saturated carbocycles. The highest BCUT2D eigenvalue weighted by atomic mass is 35.5. The van der Waals surface area contributed by atoms with Gasteiger partial charge in [-0.05, 0) is 24.6 Å². The lowest BCUT2D eigenvalue weighted by molar-refractivity contribution is -0.121. The summed E-state index contributed by atoms with van der Waals surface area (Å²) in [4.78, 5) is 27.7. The zero-order chi connectivity index (χ0) is 16.4. The van der Waals surface area contributed by atoms with Crippen LogP contribution < -0.4 is 21.7 Å². The van der Waals surface area contributed by atoms with Gasteiger partial charge in [0.25, 0.3) is 0 Å². The van der Waals surface area contributed by atoms with Crippen molar-refractivity contribution in [3.8, 4) is 0 Å². The number of aromatic nitrogens is 1. The summed E-state index contributed by atoms with van der Waals surface area (Å²) in [7, 11) is 0. The fourth-order valence-electron chi connectivity index (χ4n) is 2.48. The zero-order valence-corrected chi connectivity index (χ0v) is 15.3. The summed E-state index contributed by atoms with van der Waals surface area (Å²) < 4.78 is 5.45. The number of hydrogen-bond acceptors (Lipinski definition) is 6. The van der Waals surface area contributed by atoms with Crippen molar-refractivity contribution in [3.05, 3.63) is 23.2 Å². The molecule has 2 atom stereocenters. The van der Waals surface area contributed by atoms with E-state index in [4.69, 9.17) is 21.8 Å². The highest BCUT2D eigenvalue weighted by molar-refractivity contribution is 6.31. The van der Waals surface area contributed by atoms with Crippen LogP contribution in [-0.2, 0) is 9.59 Å². The second kappa shape index (κ2) is 9.21. The Kier molecular flexibility index (Phi) is 7.91.